The van der Waals surface area contributed by atoms with Crippen LogP contribution in [-0.2, 0) is 10.0 Å². The Hall–Kier alpha value is -1.31. The van der Waals surface area contributed by atoms with Gasteiger partial charge in [0, 0.05) is 19.0 Å². The summed E-state index contributed by atoms with van der Waals surface area (Å²) in [5.74, 6) is 1.63. The van der Waals surface area contributed by atoms with Gasteiger partial charge in [0.05, 0.1) is 33.9 Å². The molecule has 0 aromatic heterocycles. The third-order valence-electron chi connectivity index (χ3n) is 4.64. The topological polar surface area (TPSA) is 69.1 Å². The van der Waals surface area contributed by atoms with E-state index in [2.05, 4.69) is 11.6 Å². The van der Waals surface area contributed by atoms with Gasteiger partial charge in [-0.3, -0.25) is 0 Å². The largest absolute Gasteiger partial charge is 0.497 e. The monoisotopic (exact) mass is 357 g/mol. The van der Waals surface area contributed by atoms with Crippen molar-refractivity contribution in [2.75, 3.05) is 40.4 Å². The lowest BCUT2D eigenvalue weighted by Gasteiger charge is -2.27. The number of hydrogen-bond acceptors (Lipinski definition) is 4. The summed E-state index contributed by atoms with van der Waals surface area (Å²) in [6.45, 7) is 6.12. The zero-order chi connectivity index (χ0) is 17.6. The molecule has 2 N–H and O–H groups in total. The maximum absolute atomic E-state index is 12.5. The van der Waals surface area contributed by atoms with Crippen LogP contribution in [0.2, 0.25) is 0 Å². The van der Waals surface area contributed by atoms with Crippen molar-refractivity contribution in [1.29, 1.82) is 0 Å². The molecule has 1 aliphatic rings. The second-order valence-electron chi connectivity index (χ2n) is 6.45. The van der Waals surface area contributed by atoms with Crippen molar-refractivity contribution in [3.63, 3.8) is 0 Å². The van der Waals surface area contributed by atoms with E-state index in [0.717, 1.165) is 18.9 Å². The van der Waals surface area contributed by atoms with E-state index in [1.54, 1.807) is 17.0 Å². The minimum Gasteiger partial charge on any atom is -0.497 e. The van der Waals surface area contributed by atoms with E-state index in [1.807, 2.05) is 0 Å². The molecule has 0 unspecified atom stereocenters. The van der Waals surface area contributed by atoms with E-state index in [4.69, 9.17) is 9.47 Å². The van der Waals surface area contributed by atoms with Crippen LogP contribution in [0.15, 0.2) is 23.1 Å². The van der Waals surface area contributed by atoms with E-state index < -0.39 is 10.0 Å². The Morgan fingerprint density at radius 2 is 1.92 bits per heavy atom. The molecule has 1 saturated heterocycles. The second-order valence-corrected chi connectivity index (χ2v) is 8.19. The van der Waals surface area contributed by atoms with Crippen LogP contribution >= 0.6 is 0 Å². The molecule has 0 atom stereocenters. The van der Waals surface area contributed by atoms with Crippen LogP contribution in [0.3, 0.4) is 0 Å². The molecular formula is C17H29N2O4S+. The zero-order valence-electron chi connectivity index (χ0n) is 14.8. The van der Waals surface area contributed by atoms with Crippen LogP contribution in [0.5, 0.6) is 11.5 Å². The summed E-state index contributed by atoms with van der Waals surface area (Å²) in [5, 5.41) is 0. The fraction of sp³-hybridized carbons (Fsp3) is 0.647. The first-order valence-corrected chi connectivity index (χ1v) is 10.00. The van der Waals surface area contributed by atoms with E-state index in [-0.39, 0.29) is 4.90 Å². The predicted octanol–water partition coefficient (Wildman–Crippen LogP) is 0.687. The molecule has 1 aromatic carbocycles. The van der Waals surface area contributed by atoms with Gasteiger partial charge in [-0.2, -0.15) is 0 Å². The summed E-state index contributed by atoms with van der Waals surface area (Å²) < 4.78 is 38.0. The van der Waals surface area contributed by atoms with Crippen molar-refractivity contribution >= 4 is 10.0 Å². The highest BCUT2D eigenvalue weighted by Crippen LogP contribution is 2.27. The minimum atomic E-state index is -3.61. The molecule has 136 valence electrons. The third-order valence-corrected chi connectivity index (χ3v) is 6.12. The molecule has 0 spiro atoms. The normalized spacial score (nSPS) is 21.5. The van der Waals surface area contributed by atoms with Gasteiger partial charge in [-0.05, 0) is 30.9 Å². The summed E-state index contributed by atoms with van der Waals surface area (Å²) in [5.41, 5.74) is 0. The number of quaternary nitrogens is 1. The maximum Gasteiger partial charge on any atom is 0.244 e. The van der Waals surface area contributed by atoms with Gasteiger partial charge in [-0.1, -0.05) is 6.92 Å². The van der Waals surface area contributed by atoms with E-state index in [0.29, 0.717) is 18.0 Å². The van der Waals surface area contributed by atoms with Crippen LogP contribution in [0, 0.1) is 5.92 Å². The highest BCUT2D eigenvalue weighted by molar-refractivity contribution is 7.89. The lowest BCUT2D eigenvalue weighted by atomic mass is 9.99. The standard InChI is InChI=1S/C17H28N2O4S/c1-14-7-11-19(12-8-14)10-4-9-18-24(20,21)17-13-15(22-2)5-6-16(17)23-3/h5-6,13-14,18H,4,7-12H2,1-3H3/p+1. The Morgan fingerprint density at radius 3 is 2.54 bits per heavy atom. The van der Waals surface area contributed by atoms with E-state index >= 15 is 0 Å². The molecule has 0 amide bonds. The molecule has 1 heterocycles. The molecule has 1 aromatic rings. The Morgan fingerprint density at radius 1 is 1.21 bits per heavy atom. The molecule has 0 radical (unpaired) electrons. The molecular weight excluding hydrogens is 328 g/mol. The summed E-state index contributed by atoms with van der Waals surface area (Å²) in [6.07, 6.45) is 3.36. The lowest BCUT2D eigenvalue weighted by Crippen LogP contribution is -3.13. The number of likely N-dealkylation sites (tertiary alicyclic amines) is 1. The summed E-state index contributed by atoms with van der Waals surface area (Å²) in [4.78, 5) is 1.69. The van der Waals surface area contributed by atoms with Gasteiger partial charge >= 0.3 is 0 Å². The van der Waals surface area contributed by atoms with Gasteiger partial charge in [-0.25, -0.2) is 13.1 Å². The lowest BCUT2D eigenvalue weighted by molar-refractivity contribution is -0.906. The van der Waals surface area contributed by atoms with Crippen LogP contribution in [-0.4, -0.2) is 48.8 Å². The first-order valence-electron chi connectivity index (χ1n) is 8.51. The minimum absolute atomic E-state index is 0.114. The van der Waals surface area contributed by atoms with Gasteiger partial charge in [0.25, 0.3) is 0 Å². The smallest absolute Gasteiger partial charge is 0.244 e. The number of nitrogens with one attached hydrogen (secondary N) is 2. The van der Waals surface area contributed by atoms with Crippen molar-refractivity contribution < 1.29 is 22.8 Å². The third kappa shape index (κ3) is 5.09. The Balaban J connectivity index is 1.89. The van der Waals surface area contributed by atoms with Gasteiger partial charge < -0.3 is 14.4 Å². The SMILES string of the molecule is COc1ccc(OC)c(S(=O)(=O)NCCC[NH+]2CCC(C)CC2)c1. The van der Waals surface area contributed by atoms with E-state index in [1.165, 1.54) is 46.2 Å². The number of benzene rings is 1. The molecule has 24 heavy (non-hydrogen) atoms. The maximum atomic E-state index is 12.5. The second kappa shape index (κ2) is 8.69. The van der Waals surface area contributed by atoms with Crippen molar-refractivity contribution in [2.45, 2.75) is 31.1 Å². The number of sulfonamides is 1. The van der Waals surface area contributed by atoms with Crippen molar-refractivity contribution in [3.8, 4) is 11.5 Å². The number of rotatable bonds is 8. The van der Waals surface area contributed by atoms with Gasteiger partial charge in [0.2, 0.25) is 10.0 Å². The Bertz CT molecular complexity index is 625. The van der Waals surface area contributed by atoms with Gasteiger partial charge in [0.1, 0.15) is 16.4 Å². The average Bonchev–Trinajstić information content (AvgIpc) is 2.59. The first kappa shape index (κ1) is 19.0. The fourth-order valence-electron chi connectivity index (χ4n) is 3.04. The molecule has 6 nitrogen and oxygen atoms in total. The Labute approximate surface area is 145 Å². The van der Waals surface area contributed by atoms with Crippen LogP contribution in [0.25, 0.3) is 0 Å². The predicted molar refractivity (Wildman–Crippen MR) is 93.3 cm³/mol. The zero-order valence-corrected chi connectivity index (χ0v) is 15.6. The first-order chi connectivity index (χ1) is 11.5. The molecule has 7 heteroatoms. The number of ether oxygens (including phenoxy) is 2. The van der Waals surface area contributed by atoms with Crippen LogP contribution in [0.4, 0.5) is 0 Å². The molecule has 0 aliphatic carbocycles. The molecule has 1 fully saturated rings. The molecule has 0 bridgehead atoms. The van der Waals surface area contributed by atoms with Crippen LogP contribution in [0.1, 0.15) is 26.2 Å². The highest BCUT2D eigenvalue weighted by atomic mass is 32.2. The number of piperidine rings is 1. The summed E-state index contributed by atoms with van der Waals surface area (Å²) >= 11 is 0. The highest BCUT2D eigenvalue weighted by Gasteiger charge is 2.21. The van der Waals surface area contributed by atoms with Crippen molar-refractivity contribution in [1.82, 2.24) is 4.72 Å². The van der Waals surface area contributed by atoms with E-state index in [9.17, 15) is 8.42 Å². The molecule has 1 aliphatic heterocycles. The number of hydrogen-bond donors (Lipinski definition) is 2. The fourth-order valence-corrected chi connectivity index (χ4v) is 4.29. The van der Waals surface area contributed by atoms with Gasteiger partial charge in [0.15, 0.2) is 0 Å². The number of methoxy groups -OCH3 is 2. The quantitative estimate of drug-likeness (QED) is 0.672. The Kier molecular flexibility index (Phi) is 6.89. The summed E-state index contributed by atoms with van der Waals surface area (Å²) in [7, 11) is -0.644. The summed E-state index contributed by atoms with van der Waals surface area (Å²) in [6, 6.07) is 4.77. The van der Waals surface area contributed by atoms with Crippen molar-refractivity contribution in [3.05, 3.63) is 18.2 Å². The average molecular weight is 357 g/mol. The molecule has 0 saturated carbocycles. The molecule has 2 rings (SSSR count). The van der Waals surface area contributed by atoms with Crippen molar-refractivity contribution in [2.24, 2.45) is 5.92 Å². The van der Waals surface area contributed by atoms with Gasteiger partial charge in [-0.15, -0.1) is 0 Å². The van der Waals surface area contributed by atoms with Crippen LogP contribution < -0.4 is 19.1 Å².